The Morgan fingerprint density at radius 1 is 1.12 bits per heavy atom. The molecule has 126 valence electrons. The molecule has 2 aromatic rings. The molecule has 0 unspecified atom stereocenters. The number of aliphatic hydroxyl groups is 1. The molecule has 1 aliphatic rings. The number of aliphatic hydroxyl groups excluding tert-OH is 1. The summed E-state index contributed by atoms with van der Waals surface area (Å²) in [5.74, 6) is -2.14. The van der Waals surface area contributed by atoms with Crippen molar-refractivity contribution in [2.24, 2.45) is 0 Å². The van der Waals surface area contributed by atoms with Crippen molar-refractivity contribution >= 4 is 17.3 Å². The predicted molar refractivity (Wildman–Crippen MR) is 88.2 cm³/mol. The van der Waals surface area contributed by atoms with Crippen molar-refractivity contribution < 1.29 is 18.7 Å². The number of nitrogens with zero attached hydrogens (tertiary/aromatic N) is 1. The minimum atomic E-state index is -0.771. The molecule has 0 aromatic heterocycles. The third-order valence-corrected chi connectivity index (χ3v) is 4.13. The molecule has 2 N–H and O–H groups in total. The van der Waals surface area contributed by atoms with Gasteiger partial charge in [0, 0.05) is 13.1 Å². The average Bonchev–Trinajstić information content (AvgIpc) is 2.58. The number of rotatable bonds is 3. The smallest absolute Gasteiger partial charge is 0.258 e. The zero-order valence-electron chi connectivity index (χ0n) is 13.0. The Morgan fingerprint density at radius 3 is 2.58 bits per heavy atom. The van der Waals surface area contributed by atoms with Gasteiger partial charge in [-0.15, -0.1) is 0 Å². The van der Waals surface area contributed by atoms with E-state index in [-0.39, 0.29) is 11.7 Å². The fourth-order valence-electron chi connectivity index (χ4n) is 2.82. The molecule has 1 heterocycles. The lowest BCUT2D eigenvalue weighted by Crippen LogP contribution is -2.36. The number of para-hydroxylation sites is 2. The Labute approximate surface area is 138 Å². The Bertz CT molecular complexity index is 744. The molecule has 1 fully saturated rings. The topological polar surface area (TPSA) is 52.6 Å². The monoisotopic (exact) mass is 332 g/mol. The van der Waals surface area contributed by atoms with Crippen molar-refractivity contribution in [3.05, 3.63) is 59.7 Å². The molecule has 1 saturated heterocycles. The summed E-state index contributed by atoms with van der Waals surface area (Å²) in [7, 11) is 0. The summed E-state index contributed by atoms with van der Waals surface area (Å²) in [4.78, 5) is 14.4. The first kappa shape index (κ1) is 16.4. The third-order valence-electron chi connectivity index (χ3n) is 4.13. The van der Waals surface area contributed by atoms with E-state index in [1.165, 1.54) is 0 Å². The van der Waals surface area contributed by atoms with Crippen LogP contribution in [0, 0.1) is 11.6 Å². The van der Waals surface area contributed by atoms with Crippen LogP contribution in [0.4, 0.5) is 20.2 Å². The van der Waals surface area contributed by atoms with Crippen LogP contribution in [0.25, 0.3) is 0 Å². The summed E-state index contributed by atoms with van der Waals surface area (Å²) >= 11 is 0. The minimum Gasteiger partial charge on any atom is -0.393 e. The van der Waals surface area contributed by atoms with E-state index in [1.54, 1.807) is 12.1 Å². The SMILES string of the molecule is O=C(Nc1ccccc1N1CCC(O)CC1)c1cc(F)ccc1F. The zero-order chi connectivity index (χ0) is 17.1. The van der Waals surface area contributed by atoms with Gasteiger partial charge in [0.2, 0.25) is 0 Å². The molecule has 1 amide bonds. The van der Waals surface area contributed by atoms with Crippen LogP contribution in [0.2, 0.25) is 0 Å². The van der Waals surface area contributed by atoms with Gasteiger partial charge in [0.1, 0.15) is 11.6 Å². The fraction of sp³-hybridized carbons (Fsp3) is 0.278. The number of piperidine rings is 1. The second-order valence-electron chi connectivity index (χ2n) is 5.81. The van der Waals surface area contributed by atoms with Crippen LogP contribution < -0.4 is 10.2 Å². The number of amides is 1. The second kappa shape index (κ2) is 6.97. The molecular weight excluding hydrogens is 314 g/mol. The largest absolute Gasteiger partial charge is 0.393 e. The number of halogens is 2. The van der Waals surface area contributed by atoms with Gasteiger partial charge < -0.3 is 15.3 Å². The average molecular weight is 332 g/mol. The van der Waals surface area contributed by atoms with E-state index in [0.717, 1.165) is 23.9 Å². The molecule has 0 saturated carbocycles. The number of hydrogen-bond donors (Lipinski definition) is 2. The van der Waals surface area contributed by atoms with Crippen LogP contribution in [-0.4, -0.2) is 30.2 Å². The second-order valence-corrected chi connectivity index (χ2v) is 5.81. The van der Waals surface area contributed by atoms with Gasteiger partial charge in [0.25, 0.3) is 5.91 Å². The normalized spacial score (nSPS) is 15.4. The molecule has 0 radical (unpaired) electrons. The van der Waals surface area contributed by atoms with Crippen LogP contribution in [0.3, 0.4) is 0 Å². The van der Waals surface area contributed by atoms with Gasteiger partial charge in [0.15, 0.2) is 0 Å². The van der Waals surface area contributed by atoms with E-state index in [9.17, 15) is 18.7 Å². The highest BCUT2D eigenvalue weighted by Gasteiger charge is 2.21. The number of benzene rings is 2. The van der Waals surface area contributed by atoms with Gasteiger partial charge in [0.05, 0.1) is 23.0 Å². The van der Waals surface area contributed by atoms with Gasteiger partial charge in [-0.25, -0.2) is 8.78 Å². The van der Waals surface area contributed by atoms with E-state index in [4.69, 9.17) is 0 Å². The Balaban J connectivity index is 1.82. The molecule has 0 spiro atoms. The molecule has 4 nitrogen and oxygen atoms in total. The Morgan fingerprint density at radius 2 is 1.83 bits per heavy atom. The van der Waals surface area contributed by atoms with Crippen LogP contribution in [-0.2, 0) is 0 Å². The van der Waals surface area contributed by atoms with Gasteiger partial charge in [-0.1, -0.05) is 12.1 Å². The first-order valence-corrected chi connectivity index (χ1v) is 7.83. The molecule has 2 aromatic carbocycles. The maximum atomic E-state index is 13.8. The summed E-state index contributed by atoms with van der Waals surface area (Å²) in [5.41, 5.74) is 0.996. The van der Waals surface area contributed by atoms with Crippen LogP contribution in [0.5, 0.6) is 0 Å². The molecule has 6 heteroatoms. The molecule has 3 rings (SSSR count). The van der Waals surface area contributed by atoms with Crippen LogP contribution in [0.15, 0.2) is 42.5 Å². The first-order chi connectivity index (χ1) is 11.5. The van der Waals surface area contributed by atoms with Crippen molar-refractivity contribution in [3.63, 3.8) is 0 Å². The van der Waals surface area contributed by atoms with E-state index < -0.39 is 17.5 Å². The maximum Gasteiger partial charge on any atom is 0.258 e. The van der Waals surface area contributed by atoms with Gasteiger partial charge in [-0.2, -0.15) is 0 Å². The number of nitrogens with one attached hydrogen (secondary N) is 1. The third kappa shape index (κ3) is 3.54. The highest BCUT2D eigenvalue weighted by Crippen LogP contribution is 2.29. The lowest BCUT2D eigenvalue weighted by molar-refractivity contribution is 0.102. The summed E-state index contributed by atoms with van der Waals surface area (Å²) in [5, 5.41) is 12.3. The minimum absolute atomic E-state index is 0.301. The van der Waals surface area contributed by atoms with E-state index in [1.807, 2.05) is 12.1 Å². The highest BCUT2D eigenvalue weighted by molar-refractivity contribution is 6.06. The molecule has 0 aliphatic carbocycles. The van der Waals surface area contributed by atoms with Crippen molar-refractivity contribution in [1.82, 2.24) is 0 Å². The molecule has 1 aliphatic heterocycles. The van der Waals surface area contributed by atoms with Crippen LogP contribution in [0.1, 0.15) is 23.2 Å². The maximum absolute atomic E-state index is 13.8. The first-order valence-electron chi connectivity index (χ1n) is 7.83. The highest BCUT2D eigenvalue weighted by atomic mass is 19.1. The van der Waals surface area contributed by atoms with Crippen molar-refractivity contribution in [3.8, 4) is 0 Å². The van der Waals surface area contributed by atoms with Crippen molar-refractivity contribution in [1.29, 1.82) is 0 Å². The van der Waals surface area contributed by atoms with Crippen molar-refractivity contribution in [2.75, 3.05) is 23.3 Å². The predicted octanol–water partition coefficient (Wildman–Crippen LogP) is 3.18. The van der Waals surface area contributed by atoms with Gasteiger partial charge in [-0.05, 0) is 43.2 Å². The molecule has 24 heavy (non-hydrogen) atoms. The molecular formula is C18H18F2N2O2. The lowest BCUT2D eigenvalue weighted by atomic mass is 10.1. The summed E-state index contributed by atoms with van der Waals surface area (Å²) in [6.45, 7) is 1.34. The number of carbonyl (C=O) groups is 1. The Hall–Kier alpha value is -2.47. The standard InChI is InChI=1S/C18H18F2N2O2/c19-12-5-6-15(20)14(11-12)18(24)21-16-3-1-2-4-17(16)22-9-7-13(23)8-10-22/h1-6,11,13,23H,7-10H2,(H,21,24). The summed E-state index contributed by atoms with van der Waals surface area (Å²) < 4.78 is 27.0. The van der Waals surface area contributed by atoms with Gasteiger partial charge >= 0.3 is 0 Å². The van der Waals surface area contributed by atoms with E-state index in [2.05, 4.69) is 10.2 Å². The lowest BCUT2D eigenvalue weighted by Gasteiger charge is -2.32. The summed E-state index contributed by atoms with van der Waals surface area (Å²) in [6, 6.07) is 9.97. The zero-order valence-corrected chi connectivity index (χ0v) is 13.0. The quantitative estimate of drug-likeness (QED) is 0.908. The molecule has 0 atom stereocenters. The van der Waals surface area contributed by atoms with Crippen LogP contribution >= 0.6 is 0 Å². The number of anilines is 2. The van der Waals surface area contributed by atoms with Crippen molar-refractivity contribution in [2.45, 2.75) is 18.9 Å². The molecule has 0 bridgehead atoms. The fourth-order valence-corrected chi connectivity index (χ4v) is 2.82. The number of carbonyl (C=O) groups excluding carboxylic acids is 1. The van der Waals surface area contributed by atoms with E-state index in [0.29, 0.717) is 31.6 Å². The Kier molecular flexibility index (Phi) is 4.76. The number of hydrogen-bond acceptors (Lipinski definition) is 3. The summed E-state index contributed by atoms with van der Waals surface area (Å²) in [6.07, 6.45) is 1.01. The van der Waals surface area contributed by atoms with E-state index >= 15 is 0 Å². The van der Waals surface area contributed by atoms with Gasteiger partial charge in [-0.3, -0.25) is 4.79 Å².